The predicted octanol–water partition coefficient (Wildman–Crippen LogP) is 1.90. The molecule has 0 aromatic heterocycles. The average molecular weight is 392 g/mol. The van der Waals surface area contributed by atoms with E-state index in [2.05, 4.69) is 5.32 Å². The molecular weight excluding hydrogens is 376 g/mol. The second-order valence-electron chi connectivity index (χ2n) is 5.54. The van der Waals surface area contributed by atoms with Crippen LogP contribution in [0.25, 0.3) is 0 Å². The lowest BCUT2D eigenvalue weighted by atomic mass is 10.2. The zero-order valence-electron chi connectivity index (χ0n) is 14.7. The number of methoxy groups -OCH3 is 1. The maximum Gasteiger partial charge on any atom is 0.339 e. The highest BCUT2D eigenvalue weighted by atomic mass is 16.6. The van der Waals surface area contributed by atoms with Crippen LogP contribution in [0.15, 0.2) is 30.3 Å². The number of nitrogens with zero attached hydrogens (tertiary/aromatic N) is 1. The number of benzene rings is 2. The highest BCUT2D eigenvalue weighted by Gasteiger charge is 2.23. The molecule has 0 spiro atoms. The van der Waals surface area contributed by atoms with E-state index in [1.165, 1.54) is 26.2 Å². The summed E-state index contributed by atoms with van der Waals surface area (Å²) in [6.45, 7) is 1.25. The van der Waals surface area contributed by atoms with E-state index >= 15 is 0 Å². The van der Waals surface area contributed by atoms with Crippen molar-refractivity contribution in [3.8, 4) is 23.0 Å². The Morgan fingerprint density at radius 2 is 1.75 bits per heavy atom. The average Bonchev–Trinajstić information content (AvgIpc) is 2.65. The van der Waals surface area contributed by atoms with Gasteiger partial charge in [-0.2, -0.15) is 0 Å². The van der Waals surface area contributed by atoms with Crippen LogP contribution >= 0.6 is 0 Å². The van der Waals surface area contributed by atoms with Crippen molar-refractivity contribution in [1.82, 2.24) is 0 Å². The van der Waals surface area contributed by atoms with Crippen molar-refractivity contribution < 1.29 is 39.3 Å². The Balaban J connectivity index is 2.14. The van der Waals surface area contributed by atoms with Crippen LogP contribution in [0.3, 0.4) is 0 Å². The number of rotatable bonds is 6. The zero-order chi connectivity index (χ0) is 21.0. The number of nitro benzene ring substituents is 1. The van der Waals surface area contributed by atoms with Gasteiger partial charge in [-0.25, -0.2) is 4.79 Å². The van der Waals surface area contributed by atoms with Gasteiger partial charge in [0.1, 0.15) is 5.75 Å². The first-order valence-electron chi connectivity index (χ1n) is 7.73. The van der Waals surface area contributed by atoms with Crippen molar-refractivity contribution in [3.05, 3.63) is 46.0 Å². The minimum atomic E-state index is -1.34. The van der Waals surface area contributed by atoms with E-state index in [4.69, 9.17) is 9.47 Å². The van der Waals surface area contributed by atoms with Gasteiger partial charge < -0.3 is 30.1 Å². The van der Waals surface area contributed by atoms with Crippen LogP contribution in [0.5, 0.6) is 23.0 Å². The van der Waals surface area contributed by atoms with E-state index in [1.807, 2.05) is 0 Å². The van der Waals surface area contributed by atoms with Gasteiger partial charge in [0.2, 0.25) is 0 Å². The monoisotopic (exact) mass is 392 g/mol. The fraction of sp³-hybridized carbons (Fsp3) is 0.176. The molecule has 0 aliphatic rings. The maximum absolute atomic E-state index is 12.3. The van der Waals surface area contributed by atoms with Crippen molar-refractivity contribution in [2.75, 3.05) is 12.4 Å². The van der Waals surface area contributed by atoms with E-state index in [9.17, 15) is 35.0 Å². The number of phenolic OH excluding ortho intramolecular Hbond substituents is 3. The second-order valence-corrected chi connectivity index (χ2v) is 5.54. The number of nitro groups is 1. The Bertz CT molecular complexity index is 919. The highest BCUT2D eigenvalue weighted by Crippen LogP contribution is 2.35. The number of phenols is 3. The smallest absolute Gasteiger partial charge is 0.339 e. The molecule has 0 aliphatic heterocycles. The molecule has 0 fully saturated rings. The third kappa shape index (κ3) is 4.38. The van der Waals surface area contributed by atoms with E-state index in [0.717, 1.165) is 18.2 Å². The fourth-order valence-corrected chi connectivity index (χ4v) is 2.15. The lowest BCUT2D eigenvalue weighted by molar-refractivity contribution is -0.384. The summed E-state index contributed by atoms with van der Waals surface area (Å²) < 4.78 is 9.97. The molecule has 0 aliphatic carbocycles. The molecule has 2 rings (SSSR count). The first-order valence-corrected chi connectivity index (χ1v) is 7.73. The molecule has 11 nitrogen and oxygen atoms in total. The van der Waals surface area contributed by atoms with Gasteiger partial charge in [0.05, 0.1) is 23.3 Å². The van der Waals surface area contributed by atoms with Crippen LogP contribution in [0.1, 0.15) is 17.3 Å². The summed E-state index contributed by atoms with van der Waals surface area (Å²) in [7, 11) is 1.31. The first-order chi connectivity index (χ1) is 13.1. The largest absolute Gasteiger partial charge is 0.504 e. The normalized spacial score (nSPS) is 11.4. The van der Waals surface area contributed by atoms with Crippen LogP contribution in [-0.2, 0) is 9.53 Å². The van der Waals surface area contributed by atoms with Crippen LogP contribution in [0, 0.1) is 10.1 Å². The number of esters is 1. The van der Waals surface area contributed by atoms with Gasteiger partial charge in [-0.3, -0.25) is 14.9 Å². The lowest BCUT2D eigenvalue weighted by Gasteiger charge is -2.15. The maximum atomic E-state index is 12.3. The van der Waals surface area contributed by atoms with Crippen LogP contribution in [0.4, 0.5) is 11.4 Å². The van der Waals surface area contributed by atoms with Crippen molar-refractivity contribution in [1.29, 1.82) is 0 Å². The Labute approximate surface area is 157 Å². The molecule has 148 valence electrons. The predicted molar refractivity (Wildman–Crippen MR) is 94.6 cm³/mol. The van der Waals surface area contributed by atoms with Crippen molar-refractivity contribution in [2.45, 2.75) is 13.0 Å². The van der Waals surface area contributed by atoms with E-state index < -0.39 is 40.2 Å². The molecule has 0 saturated heterocycles. The molecule has 28 heavy (non-hydrogen) atoms. The van der Waals surface area contributed by atoms with Gasteiger partial charge in [-0.15, -0.1) is 0 Å². The molecule has 1 atom stereocenters. The molecule has 1 unspecified atom stereocenters. The quantitative estimate of drug-likeness (QED) is 0.248. The third-order valence-corrected chi connectivity index (χ3v) is 3.61. The summed E-state index contributed by atoms with van der Waals surface area (Å²) in [5, 5.41) is 41.4. The molecule has 0 heterocycles. The fourth-order valence-electron chi connectivity index (χ4n) is 2.15. The standard InChI is InChI=1S/C17H16N2O9/c1-8(28-17(24)9-5-12(20)15(22)13(21)6-9)16(23)18-11-7-10(19(25)26)3-4-14(11)27-2/h3-8,20-22H,1-2H3,(H,18,23). The highest BCUT2D eigenvalue weighted by molar-refractivity contribution is 5.98. The summed E-state index contributed by atoms with van der Waals surface area (Å²) >= 11 is 0. The Morgan fingerprint density at radius 1 is 1.14 bits per heavy atom. The topological polar surface area (TPSA) is 168 Å². The molecule has 0 saturated carbocycles. The van der Waals surface area contributed by atoms with Gasteiger partial charge >= 0.3 is 5.97 Å². The minimum Gasteiger partial charge on any atom is -0.504 e. The number of amides is 1. The van der Waals surface area contributed by atoms with Crippen LogP contribution in [-0.4, -0.2) is 45.3 Å². The summed E-state index contributed by atoms with van der Waals surface area (Å²) in [6.07, 6.45) is -1.34. The second kappa shape index (κ2) is 8.12. The summed E-state index contributed by atoms with van der Waals surface area (Å²) in [4.78, 5) is 34.6. The van der Waals surface area contributed by atoms with Crippen LogP contribution in [0.2, 0.25) is 0 Å². The molecule has 1 amide bonds. The number of ether oxygens (including phenoxy) is 2. The number of carbonyl (C=O) groups is 2. The summed E-state index contributed by atoms with van der Waals surface area (Å²) in [5.41, 5.74) is -0.583. The summed E-state index contributed by atoms with van der Waals surface area (Å²) in [6, 6.07) is 5.28. The molecule has 0 bridgehead atoms. The lowest BCUT2D eigenvalue weighted by Crippen LogP contribution is -2.30. The Hall–Kier alpha value is -4.02. The van der Waals surface area contributed by atoms with E-state index in [-0.39, 0.29) is 22.7 Å². The molecule has 2 aromatic carbocycles. The van der Waals surface area contributed by atoms with Crippen molar-refractivity contribution >= 4 is 23.3 Å². The Morgan fingerprint density at radius 3 is 2.29 bits per heavy atom. The SMILES string of the molecule is COc1ccc([N+](=O)[O-])cc1NC(=O)C(C)OC(=O)c1cc(O)c(O)c(O)c1. The van der Waals surface area contributed by atoms with E-state index in [1.54, 1.807) is 0 Å². The third-order valence-electron chi connectivity index (χ3n) is 3.61. The number of anilines is 1. The number of non-ortho nitro benzene ring substituents is 1. The van der Waals surface area contributed by atoms with Gasteiger partial charge in [-0.1, -0.05) is 0 Å². The first kappa shape index (κ1) is 20.3. The number of carbonyl (C=O) groups excluding carboxylic acids is 2. The zero-order valence-corrected chi connectivity index (χ0v) is 14.7. The Kier molecular flexibility index (Phi) is 5.88. The van der Waals surface area contributed by atoms with Gasteiger partial charge in [0.25, 0.3) is 11.6 Å². The molecule has 0 radical (unpaired) electrons. The molecule has 4 N–H and O–H groups in total. The van der Waals surface area contributed by atoms with Gasteiger partial charge in [-0.05, 0) is 25.1 Å². The van der Waals surface area contributed by atoms with Crippen LogP contribution < -0.4 is 10.1 Å². The van der Waals surface area contributed by atoms with Crippen molar-refractivity contribution in [3.63, 3.8) is 0 Å². The molecule has 2 aromatic rings. The number of hydrogen-bond acceptors (Lipinski definition) is 9. The van der Waals surface area contributed by atoms with Gasteiger partial charge in [0.15, 0.2) is 23.4 Å². The minimum absolute atomic E-state index is 0.00419. The summed E-state index contributed by atoms with van der Waals surface area (Å²) in [5.74, 6) is -4.00. The number of hydrogen-bond donors (Lipinski definition) is 4. The van der Waals surface area contributed by atoms with E-state index in [0.29, 0.717) is 0 Å². The molecule has 11 heteroatoms. The van der Waals surface area contributed by atoms with Crippen molar-refractivity contribution in [2.24, 2.45) is 0 Å². The number of aromatic hydroxyl groups is 3. The number of nitrogens with one attached hydrogen (secondary N) is 1. The molecular formula is C17H16N2O9. The van der Waals surface area contributed by atoms with Gasteiger partial charge in [0, 0.05) is 12.1 Å².